The van der Waals surface area contributed by atoms with Crippen LogP contribution in [0.25, 0.3) is 0 Å². The normalized spacial score (nSPS) is 15.5. The lowest BCUT2D eigenvalue weighted by Crippen LogP contribution is -2.48. The van der Waals surface area contributed by atoms with Gasteiger partial charge in [-0.3, -0.25) is 4.79 Å². The van der Waals surface area contributed by atoms with Crippen LogP contribution in [0.5, 0.6) is 0 Å². The SMILES string of the molecule is CC(C)C(CC(=O)O)NC(=O)N1CCc2ccccc2C1. The maximum atomic E-state index is 12.3. The number of carbonyl (C=O) groups is 2. The fraction of sp³-hybridized carbons (Fsp3) is 0.500. The summed E-state index contributed by atoms with van der Waals surface area (Å²) in [5.74, 6) is -0.805. The largest absolute Gasteiger partial charge is 0.481 e. The smallest absolute Gasteiger partial charge is 0.317 e. The minimum Gasteiger partial charge on any atom is -0.481 e. The molecule has 1 heterocycles. The molecule has 0 spiro atoms. The first kappa shape index (κ1) is 15.4. The number of amides is 2. The third kappa shape index (κ3) is 3.97. The Morgan fingerprint density at radius 1 is 1.29 bits per heavy atom. The second kappa shape index (κ2) is 6.61. The molecule has 1 unspecified atom stereocenters. The minimum atomic E-state index is -0.891. The molecule has 0 radical (unpaired) electrons. The maximum absolute atomic E-state index is 12.3. The fourth-order valence-corrected chi connectivity index (χ4v) is 2.56. The number of carboxylic acids is 1. The molecular formula is C16H22N2O3. The van der Waals surface area contributed by atoms with Crippen molar-refractivity contribution in [1.29, 1.82) is 0 Å². The number of rotatable bonds is 4. The first-order valence-corrected chi connectivity index (χ1v) is 7.31. The van der Waals surface area contributed by atoms with Gasteiger partial charge in [-0.2, -0.15) is 0 Å². The van der Waals surface area contributed by atoms with Crippen LogP contribution in [0.2, 0.25) is 0 Å². The van der Waals surface area contributed by atoms with Crippen molar-refractivity contribution in [3.05, 3.63) is 35.4 Å². The van der Waals surface area contributed by atoms with E-state index in [1.54, 1.807) is 4.90 Å². The van der Waals surface area contributed by atoms with Gasteiger partial charge in [0.1, 0.15) is 0 Å². The first-order valence-electron chi connectivity index (χ1n) is 7.31. The maximum Gasteiger partial charge on any atom is 0.317 e. The lowest BCUT2D eigenvalue weighted by molar-refractivity contribution is -0.137. The Morgan fingerprint density at radius 2 is 1.95 bits per heavy atom. The zero-order chi connectivity index (χ0) is 15.4. The number of benzene rings is 1. The highest BCUT2D eigenvalue weighted by molar-refractivity contribution is 5.76. The molecule has 0 aliphatic carbocycles. The van der Waals surface area contributed by atoms with Crippen molar-refractivity contribution in [2.75, 3.05) is 6.54 Å². The molecule has 0 saturated carbocycles. The summed E-state index contributed by atoms with van der Waals surface area (Å²) in [4.78, 5) is 24.9. The molecule has 1 aromatic rings. The van der Waals surface area contributed by atoms with Crippen LogP contribution in [0.15, 0.2) is 24.3 Å². The molecule has 1 aliphatic heterocycles. The molecular weight excluding hydrogens is 268 g/mol. The van der Waals surface area contributed by atoms with Crippen LogP contribution < -0.4 is 5.32 Å². The molecule has 0 bridgehead atoms. The third-order valence-corrected chi connectivity index (χ3v) is 3.93. The van der Waals surface area contributed by atoms with Gasteiger partial charge in [-0.1, -0.05) is 38.1 Å². The summed E-state index contributed by atoms with van der Waals surface area (Å²) in [6.45, 7) is 5.08. The monoisotopic (exact) mass is 290 g/mol. The van der Waals surface area contributed by atoms with Crippen molar-refractivity contribution in [3.63, 3.8) is 0 Å². The highest BCUT2D eigenvalue weighted by atomic mass is 16.4. The van der Waals surface area contributed by atoms with Gasteiger partial charge in [0.2, 0.25) is 0 Å². The van der Waals surface area contributed by atoms with E-state index in [-0.39, 0.29) is 24.4 Å². The molecule has 114 valence electrons. The molecule has 21 heavy (non-hydrogen) atoms. The molecule has 2 N–H and O–H groups in total. The van der Waals surface area contributed by atoms with Crippen molar-refractivity contribution in [3.8, 4) is 0 Å². The Bertz CT molecular complexity index is 528. The minimum absolute atomic E-state index is 0.0478. The Balaban J connectivity index is 1.99. The van der Waals surface area contributed by atoms with Crippen LogP contribution in [0.4, 0.5) is 4.79 Å². The van der Waals surface area contributed by atoms with Crippen LogP contribution >= 0.6 is 0 Å². The van der Waals surface area contributed by atoms with Gasteiger partial charge in [-0.15, -0.1) is 0 Å². The number of aliphatic carboxylic acids is 1. The molecule has 5 heteroatoms. The number of carbonyl (C=O) groups excluding carboxylic acids is 1. The molecule has 2 amide bonds. The van der Waals surface area contributed by atoms with Crippen LogP contribution in [0.1, 0.15) is 31.4 Å². The van der Waals surface area contributed by atoms with E-state index in [9.17, 15) is 9.59 Å². The van der Waals surface area contributed by atoms with Gasteiger partial charge in [0.25, 0.3) is 0 Å². The molecule has 0 saturated heterocycles. The van der Waals surface area contributed by atoms with Crippen molar-refractivity contribution in [1.82, 2.24) is 10.2 Å². The summed E-state index contributed by atoms with van der Waals surface area (Å²) in [5.41, 5.74) is 2.45. The second-order valence-corrected chi connectivity index (χ2v) is 5.84. The number of carboxylic acid groups (broad SMARTS) is 1. The molecule has 5 nitrogen and oxygen atoms in total. The number of urea groups is 1. The number of nitrogens with zero attached hydrogens (tertiary/aromatic N) is 1. The summed E-state index contributed by atoms with van der Waals surface area (Å²) in [6, 6.07) is 7.59. The summed E-state index contributed by atoms with van der Waals surface area (Å²) in [6.07, 6.45) is 0.794. The van der Waals surface area contributed by atoms with Gasteiger partial charge < -0.3 is 15.3 Å². The van der Waals surface area contributed by atoms with E-state index >= 15 is 0 Å². The van der Waals surface area contributed by atoms with E-state index in [1.807, 2.05) is 32.0 Å². The van der Waals surface area contributed by atoms with E-state index in [4.69, 9.17) is 5.11 Å². The van der Waals surface area contributed by atoms with Gasteiger partial charge in [-0.05, 0) is 23.5 Å². The van der Waals surface area contributed by atoms with E-state index < -0.39 is 5.97 Å². The van der Waals surface area contributed by atoms with Crippen molar-refractivity contribution < 1.29 is 14.7 Å². The van der Waals surface area contributed by atoms with Gasteiger partial charge in [0.15, 0.2) is 0 Å². The Labute approximate surface area is 125 Å². The van der Waals surface area contributed by atoms with Crippen molar-refractivity contribution in [2.45, 2.75) is 39.3 Å². The fourth-order valence-electron chi connectivity index (χ4n) is 2.56. The quantitative estimate of drug-likeness (QED) is 0.893. The average Bonchev–Trinajstić information content (AvgIpc) is 2.45. The zero-order valence-corrected chi connectivity index (χ0v) is 12.5. The summed E-state index contributed by atoms with van der Waals surface area (Å²) in [5, 5.41) is 11.8. The number of hydrogen-bond donors (Lipinski definition) is 2. The lowest BCUT2D eigenvalue weighted by Gasteiger charge is -2.31. The van der Waals surface area contributed by atoms with Crippen LogP contribution in [-0.2, 0) is 17.8 Å². The first-order chi connectivity index (χ1) is 9.97. The summed E-state index contributed by atoms with van der Waals surface area (Å²) >= 11 is 0. The predicted octanol–water partition coefficient (Wildman–Crippen LogP) is 2.25. The van der Waals surface area contributed by atoms with Gasteiger partial charge in [-0.25, -0.2) is 4.79 Å². The summed E-state index contributed by atoms with van der Waals surface area (Å²) < 4.78 is 0. The second-order valence-electron chi connectivity index (χ2n) is 5.84. The molecule has 1 aliphatic rings. The summed E-state index contributed by atoms with van der Waals surface area (Å²) in [7, 11) is 0. The highest BCUT2D eigenvalue weighted by Crippen LogP contribution is 2.18. The Hall–Kier alpha value is -2.04. The predicted molar refractivity (Wildman–Crippen MR) is 80.0 cm³/mol. The van der Waals surface area contributed by atoms with Gasteiger partial charge in [0, 0.05) is 19.1 Å². The van der Waals surface area contributed by atoms with Crippen molar-refractivity contribution in [2.24, 2.45) is 5.92 Å². The van der Waals surface area contributed by atoms with E-state index in [1.165, 1.54) is 11.1 Å². The number of fused-ring (bicyclic) bond motifs is 1. The zero-order valence-electron chi connectivity index (χ0n) is 12.5. The topological polar surface area (TPSA) is 69.6 Å². The molecule has 2 rings (SSSR count). The molecule has 1 atom stereocenters. The molecule has 0 aromatic heterocycles. The van der Waals surface area contributed by atoms with Crippen LogP contribution in [0.3, 0.4) is 0 Å². The van der Waals surface area contributed by atoms with E-state index in [0.717, 1.165) is 6.42 Å². The highest BCUT2D eigenvalue weighted by Gasteiger charge is 2.25. The molecule has 0 fully saturated rings. The Kier molecular flexibility index (Phi) is 4.83. The number of nitrogens with one attached hydrogen (secondary N) is 1. The van der Waals surface area contributed by atoms with E-state index in [0.29, 0.717) is 13.1 Å². The lowest BCUT2D eigenvalue weighted by atomic mass is 9.99. The van der Waals surface area contributed by atoms with Gasteiger partial charge in [0.05, 0.1) is 6.42 Å². The number of hydrogen-bond acceptors (Lipinski definition) is 2. The Morgan fingerprint density at radius 3 is 2.57 bits per heavy atom. The molecule has 1 aromatic carbocycles. The standard InChI is InChI=1S/C16H22N2O3/c1-11(2)14(9-15(19)20)17-16(21)18-8-7-12-5-3-4-6-13(12)10-18/h3-6,11,14H,7-10H2,1-2H3,(H,17,21)(H,19,20). The van der Waals surface area contributed by atoms with Crippen LogP contribution in [0, 0.1) is 5.92 Å². The van der Waals surface area contributed by atoms with Crippen molar-refractivity contribution >= 4 is 12.0 Å². The average molecular weight is 290 g/mol. The van der Waals surface area contributed by atoms with Crippen LogP contribution in [-0.4, -0.2) is 34.6 Å². The van der Waals surface area contributed by atoms with E-state index in [2.05, 4.69) is 11.4 Å². The third-order valence-electron chi connectivity index (χ3n) is 3.93. The van der Waals surface area contributed by atoms with Gasteiger partial charge >= 0.3 is 12.0 Å².